The van der Waals surface area contributed by atoms with Gasteiger partial charge >= 0.3 is 0 Å². The first-order chi connectivity index (χ1) is 16.4. The molecule has 34 heavy (non-hydrogen) atoms. The molecule has 1 aromatic carbocycles. The number of rotatable bonds is 7. The van der Waals surface area contributed by atoms with Crippen LogP contribution in [0.25, 0.3) is 11.5 Å². The number of hydrogen-bond donors (Lipinski definition) is 2. The molecule has 1 saturated heterocycles. The number of hydrogen-bond acceptors (Lipinski definition) is 10. The van der Waals surface area contributed by atoms with Gasteiger partial charge in [-0.05, 0) is 35.9 Å². The molecule has 0 aliphatic carbocycles. The van der Waals surface area contributed by atoms with E-state index in [9.17, 15) is 9.18 Å². The number of nitrogens with zero attached hydrogens (tertiary/aromatic N) is 7. The lowest BCUT2D eigenvalue weighted by atomic mass is 10.1. The molecule has 1 fully saturated rings. The van der Waals surface area contributed by atoms with Gasteiger partial charge in [0.25, 0.3) is 5.91 Å². The van der Waals surface area contributed by atoms with Gasteiger partial charge in [0.1, 0.15) is 41.3 Å². The number of nitrogens with one attached hydrogen (secondary N) is 1. The van der Waals surface area contributed by atoms with Crippen molar-refractivity contribution in [2.24, 2.45) is 0 Å². The molecule has 1 unspecified atom stereocenters. The molecule has 0 saturated carbocycles. The molecule has 4 rings (SSSR count). The van der Waals surface area contributed by atoms with Gasteiger partial charge in [-0.3, -0.25) is 4.79 Å². The fraction of sp³-hybridized carbons (Fsp3) is 0.381. The van der Waals surface area contributed by atoms with Crippen LogP contribution in [0.5, 0.6) is 0 Å². The highest BCUT2D eigenvalue weighted by atomic mass is 19.1. The van der Waals surface area contributed by atoms with Gasteiger partial charge in [-0.15, -0.1) is 10.2 Å². The summed E-state index contributed by atoms with van der Waals surface area (Å²) in [7, 11) is 0. The van der Waals surface area contributed by atoms with Crippen LogP contribution in [0, 0.1) is 24.1 Å². The number of amides is 1. The lowest BCUT2D eigenvalue weighted by molar-refractivity contribution is -0.150. The Balaban J connectivity index is 1.42. The molecule has 12 nitrogen and oxygen atoms in total. The molecular formula is C21H21FN8O4. The summed E-state index contributed by atoms with van der Waals surface area (Å²) in [5.74, 6) is -0.549. The molecule has 0 radical (unpaired) electrons. The van der Waals surface area contributed by atoms with Crippen LogP contribution >= 0.6 is 0 Å². The molecule has 1 amide bonds. The number of nitriles is 1. The Labute approximate surface area is 193 Å². The smallest absolute Gasteiger partial charge is 0.270 e. The van der Waals surface area contributed by atoms with Crippen LogP contribution in [0.4, 0.5) is 4.39 Å². The summed E-state index contributed by atoms with van der Waals surface area (Å²) in [6, 6.07) is 7.25. The average molecular weight is 468 g/mol. The lowest BCUT2D eigenvalue weighted by Gasteiger charge is -2.27. The molecule has 0 spiro atoms. The van der Waals surface area contributed by atoms with Crippen molar-refractivity contribution in [2.45, 2.75) is 32.2 Å². The van der Waals surface area contributed by atoms with Crippen LogP contribution in [-0.4, -0.2) is 73.2 Å². The summed E-state index contributed by atoms with van der Waals surface area (Å²) in [5.41, 5.74) is 0.889. The third-order valence-electron chi connectivity index (χ3n) is 4.96. The Bertz CT molecular complexity index is 1220. The van der Waals surface area contributed by atoms with Gasteiger partial charge in [0.05, 0.1) is 31.9 Å². The maximum Gasteiger partial charge on any atom is 0.270 e. The SMILES string of the molecule is Cc1nc(C(=O)NCc2ccc(F)c(C#N)c2)cc(-c2nnn(C[C@H]3COC(CO)CO3)n2)n1. The Hall–Kier alpha value is -3.86. The monoisotopic (exact) mass is 468 g/mol. The van der Waals surface area contributed by atoms with Gasteiger partial charge in [-0.1, -0.05) is 6.07 Å². The van der Waals surface area contributed by atoms with Crippen molar-refractivity contribution in [3.05, 3.63) is 52.7 Å². The number of halogens is 1. The van der Waals surface area contributed by atoms with Crippen molar-refractivity contribution in [3.8, 4) is 17.6 Å². The molecule has 2 atom stereocenters. The second-order valence-corrected chi connectivity index (χ2v) is 7.56. The zero-order valence-electron chi connectivity index (χ0n) is 18.2. The number of aliphatic hydroxyl groups excluding tert-OH is 1. The quantitative estimate of drug-likeness (QED) is 0.488. The Morgan fingerprint density at radius 1 is 1.29 bits per heavy atom. The number of ether oxygens (including phenoxy) is 2. The number of benzene rings is 1. The van der Waals surface area contributed by atoms with E-state index in [-0.39, 0.29) is 49.0 Å². The van der Waals surface area contributed by atoms with Crippen molar-refractivity contribution in [3.63, 3.8) is 0 Å². The normalized spacial score (nSPS) is 17.8. The standard InChI is InChI=1S/C21H21FN8O4/c1-12-25-18(20-27-29-30(28-20)8-15-10-34-16(9-31)11-33-15)5-19(26-12)21(32)24-7-13-2-3-17(22)14(4-13)6-23/h2-5,15-16,31H,7-11H2,1H3,(H,24,32)/t15-,16?/m0/s1. The third kappa shape index (κ3) is 5.54. The number of carbonyl (C=O) groups excluding carboxylic acids is 1. The second-order valence-electron chi connectivity index (χ2n) is 7.56. The first-order valence-electron chi connectivity index (χ1n) is 10.4. The first kappa shape index (κ1) is 23.3. The van der Waals surface area contributed by atoms with Gasteiger partial charge < -0.3 is 19.9 Å². The van der Waals surface area contributed by atoms with Gasteiger partial charge in [-0.25, -0.2) is 14.4 Å². The molecule has 1 aliphatic heterocycles. The lowest BCUT2D eigenvalue weighted by Crippen LogP contribution is -2.40. The molecule has 1 aliphatic rings. The zero-order chi connectivity index (χ0) is 24.1. The van der Waals surface area contributed by atoms with E-state index < -0.39 is 11.7 Å². The molecule has 3 heterocycles. The second kappa shape index (κ2) is 10.4. The Kier molecular flexibility index (Phi) is 7.12. The summed E-state index contributed by atoms with van der Waals surface area (Å²) in [6.07, 6.45) is -0.619. The van der Waals surface area contributed by atoms with Crippen molar-refractivity contribution in [1.82, 2.24) is 35.5 Å². The molecular weight excluding hydrogens is 447 g/mol. The molecule has 2 N–H and O–H groups in total. The van der Waals surface area contributed by atoms with Crippen molar-refractivity contribution in [1.29, 1.82) is 5.26 Å². The fourth-order valence-corrected chi connectivity index (χ4v) is 3.24. The summed E-state index contributed by atoms with van der Waals surface area (Å²) in [5, 5.41) is 33.0. The van der Waals surface area contributed by atoms with E-state index in [0.717, 1.165) is 0 Å². The molecule has 0 bridgehead atoms. The number of carbonyl (C=O) groups is 1. The van der Waals surface area contributed by atoms with E-state index in [1.54, 1.807) is 13.0 Å². The summed E-state index contributed by atoms with van der Waals surface area (Å²) in [6.45, 7) is 2.48. The van der Waals surface area contributed by atoms with Crippen LogP contribution in [0.2, 0.25) is 0 Å². The first-order valence-corrected chi connectivity index (χ1v) is 10.4. The van der Waals surface area contributed by atoms with Crippen LogP contribution in [0.15, 0.2) is 24.3 Å². The summed E-state index contributed by atoms with van der Waals surface area (Å²) >= 11 is 0. The predicted octanol–water partition coefficient (Wildman–Crippen LogP) is 0.156. The van der Waals surface area contributed by atoms with Crippen molar-refractivity contribution < 1.29 is 23.8 Å². The number of aryl methyl sites for hydroxylation is 1. The van der Waals surface area contributed by atoms with Crippen molar-refractivity contribution >= 4 is 5.91 Å². The van der Waals surface area contributed by atoms with Crippen LogP contribution in [-0.2, 0) is 22.6 Å². The highest BCUT2D eigenvalue weighted by Gasteiger charge is 2.23. The van der Waals surface area contributed by atoms with E-state index in [1.165, 1.54) is 29.1 Å². The molecule has 13 heteroatoms. The van der Waals surface area contributed by atoms with Gasteiger partial charge in [0.15, 0.2) is 0 Å². The zero-order valence-corrected chi connectivity index (χ0v) is 18.2. The fourth-order valence-electron chi connectivity index (χ4n) is 3.24. The summed E-state index contributed by atoms with van der Waals surface area (Å²) in [4.78, 5) is 22.4. The minimum Gasteiger partial charge on any atom is -0.394 e. The van der Waals surface area contributed by atoms with Gasteiger partial charge in [0, 0.05) is 6.54 Å². The Morgan fingerprint density at radius 2 is 2.09 bits per heavy atom. The maximum absolute atomic E-state index is 13.5. The number of tetrazole rings is 1. The minimum absolute atomic E-state index is 0.0845. The highest BCUT2D eigenvalue weighted by molar-refractivity contribution is 5.93. The Morgan fingerprint density at radius 3 is 2.82 bits per heavy atom. The van der Waals surface area contributed by atoms with E-state index in [4.69, 9.17) is 19.8 Å². The van der Waals surface area contributed by atoms with E-state index >= 15 is 0 Å². The minimum atomic E-state index is -0.619. The van der Waals surface area contributed by atoms with E-state index in [1.807, 2.05) is 0 Å². The maximum atomic E-state index is 13.5. The molecule has 2 aromatic heterocycles. The van der Waals surface area contributed by atoms with Gasteiger partial charge in [-0.2, -0.15) is 10.1 Å². The third-order valence-corrected chi connectivity index (χ3v) is 4.96. The predicted molar refractivity (Wildman–Crippen MR) is 112 cm³/mol. The molecule has 176 valence electrons. The largest absolute Gasteiger partial charge is 0.394 e. The van der Waals surface area contributed by atoms with Crippen LogP contribution < -0.4 is 5.32 Å². The van der Waals surface area contributed by atoms with E-state index in [0.29, 0.717) is 30.2 Å². The number of aromatic nitrogens is 6. The average Bonchev–Trinajstić information content (AvgIpc) is 3.32. The van der Waals surface area contributed by atoms with E-state index in [2.05, 4.69) is 30.7 Å². The van der Waals surface area contributed by atoms with Gasteiger partial charge in [0.2, 0.25) is 5.82 Å². The number of aliphatic hydroxyl groups is 1. The topological polar surface area (TPSA) is 161 Å². The van der Waals surface area contributed by atoms with Crippen LogP contribution in [0.1, 0.15) is 27.4 Å². The van der Waals surface area contributed by atoms with Crippen molar-refractivity contribution in [2.75, 3.05) is 19.8 Å². The summed E-state index contributed by atoms with van der Waals surface area (Å²) < 4.78 is 24.6. The molecule has 3 aromatic rings. The van der Waals surface area contributed by atoms with Crippen LogP contribution in [0.3, 0.4) is 0 Å². The highest BCUT2D eigenvalue weighted by Crippen LogP contribution is 2.14.